The molecule has 0 saturated carbocycles. The van der Waals surface area contributed by atoms with Gasteiger partial charge in [0.25, 0.3) is 10.0 Å². The number of ether oxygens (including phenoxy) is 3. The molecule has 2 rings (SSSR count). The van der Waals surface area contributed by atoms with E-state index in [1.165, 1.54) is 32.6 Å². The van der Waals surface area contributed by atoms with Gasteiger partial charge in [0.05, 0.1) is 31.9 Å². The maximum atomic E-state index is 12.1. The summed E-state index contributed by atoms with van der Waals surface area (Å²) in [6, 6.07) is 11.4. The highest BCUT2D eigenvalue weighted by Gasteiger charge is 2.14. The quantitative estimate of drug-likeness (QED) is 0.536. The van der Waals surface area contributed by atoms with Crippen molar-refractivity contribution in [2.75, 3.05) is 20.8 Å². The molecule has 0 heterocycles. The van der Waals surface area contributed by atoms with Crippen LogP contribution < -0.4 is 19.0 Å². The van der Waals surface area contributed by atoms with E-state index in [1.807, 2.05) is 6.92 Å². The molecule has 0 unspecified atom stereocenters. The van der Waals surface area contributed by atoms with E-state index in [0.29, 0.717) is 29.4 Å². The first kappa shape index (κ1) is 19.6. The number of hydrogen-bond donors (Lipinski definition) is 1. The molecule has 7 nitrogen and oxygen atoms in total. The number of hydrogen-bond acceptors (Lipinski definition) is 6. The van der Waals surface area contributed by atoms with Crippen molar-refractivity contribution in [1.82, 2.24) is 4.83 Å². The molecule has 26 heavy (non-hydrogen) atoms. The van der Waals surface area contributed by atoms with Gasteiger partial charge in [0.1, 0.15) is 0 Å². The van der Waals surface area contributed by atoms with Crippen molar-refractivity contribution in [2.24, 2.45) is 5.10 Å². The average Bonchev–Trinajstić information content (AvgIpc) is 2.66. The Balaban J connectivity index is 2.22. The van der Waals surface area contributed by atoms with Gasteiger partial charge in [-0.25, -0.2) is 4.83 Å². The summed E-state index contributed by atoms with van der Waals surface area (Å²) in [4.78, 5) is 2.31. The molecular weight excluding hydrogens is 356 g/mol. The Labute approximate surface area is 153 Å². The third-order valence-corrected chi connectivity index (χ3v) is 4.61. The van der Waals surface area contributed by atoms with Crippen LogP contribution in [0.5, 0.6) is 17.2 Å². The maximum Gasteiger partial charge on any atom is 0.276 e. The normalized spacial score (nSPS) is 11.3. The molecule has 0 aromatic heterocycles. The van der Waals surface area contributed by atoms with Crippen LogP contribution in [0.4, 0.5) is 0 Å². The SMILES string of the molecule is CCCOc1c(OC)cc(/C=N/NS(=O)(=O)c2ccccc2)cc1OC. The Morgan fingerprint density at radius 1 is 1.08 bits per heavy atom. The molecule has 0 aliphatic heterocycles. The molecule has 2 aromatic rings. The zero-order valence-electron chi connectivity index (χ0n) is 14.9. The first-order chi connectivity index (χ1) is 12.5. The lowest BCUT2D eigenvalue weighted by Gasteiger charge is -2.14. The maximum absolute atomic E-state index is 12.1. The number of hydrazone groups is 1. The predicted octanol–water partition coefficient (Wildman–Crippen LogP) is 2.81. The molecule has 0 saturated heterocycles. The average molecular weight is 378 g/mol. The van der Waals surface area contributed by atoms with Crippen LogP contribution in [-0.2, 0) is 10.0 Å². The fraction of sp³-hybridized carbons (Fsp3) is 0.278. The topological polar surface area (TPSA) is 86.2 Å². The second kappa shape index (κ2) is 9.10. The summed E-state index contributed by atoms with van der Waals surface area (Å²) in [5.74, 6) is 1.45. The molecule has 0 fully saturated rings. The second-order valence-electron chi connectivity index (χ2n) is 5.27. The summed E-state index contributed by atoms with van der Waals surface area (Å²) in [5, 5.41) is 3.82. The minimum atomic E-state index is -3.72. The molecule has 2 aromatic carbocycles. The van der Waals surface area contributed by atoms with Crippen LogP contribution in [0.3, 0.4) is 0 Å². The van der Waals surface area contributed by atoms with E-state index < -0.39 is 10.0 Å². The van der Waals surface area contributed by atoms with Gasteiger partial charge in [-0.05, 0) is 30.7 Å². The number of rotatable bonds is 9. The highest BCUT2D eigenvalue weighted by Crippen LogP contribution is 2.38. The summed E-state index contributed by atoms with van der Waals surface area (Å²) < 4.78 is 40.6. The fourth-order valence-electron chi connectivity index (χ4n) is 2.14. The largest absolute Gasteiger partial charge is 0.493 e. The Bertz CT molecular complexity index is 826. The Morgan fingerprint density at radius 3 is 2.23 bits per heavy atom. The van der Waals surface area contributed by atoms with Crippen LogP contribution in [0.1, 0.15) is 18.9 Å². The molecule has 0 amide bonds. The first-order valence-electron chi connectivity index (χ1n) is 8.00. The van der Waals surface area contributed by atoms with E-state index in [0.717, 1.165) is 6.42 Å². The van der Waals surface area contributed by atoms with E-state index in [1.54, 1.807) is 30.3 Å². The molecule has 0 bridgehead atoms. The van der Waals surface area contributed by atoms with Crippen LogP contribution in [0, 0.1) is 0 Å². The molecule has 0 aliphatic rings. The van der Waals surface area contributed by atoms with E-state index in [2.05, 4.69) is 9.93 Å². The highest BCUT2D eigenvalue weighted by atomic mass is 32.2. The molecule has 0 atom stereocenters. The minimum absolute atomic E-state index is 0.135. The van der Waals surface area contributed by atoms with Crippen molar-refractivity contribution in [3.8, 4) is 17.2 Å². The van der Waals surface area contributed by atoms with Crippen molar-refractivity contribution in [3.63, 3.8) is 0 Å². The van der Waals surface area contributed by atoms with Crippen LogP contribution in [0.25, 0.3) is 0 Å². The Morgan fingerprint density at radius 2 is 1.69 bits per heavy atom. The van der Waals surface area contributed by atoms with Gasteiger partial charge in [-0.1, -0.05) is 25.1 Å². The molecule has 0 aliphatic carbocycles. The van der Waals surface area contributed by atoms with Crippen molar-refractivity contribution < 1.29 is 22.6 Å². The molecule has 0 spiro atoms. The molecule has 8 heteroatoms. The van der Waals surface area contributed by atoms with Crippen molar-refractivity contribution >= 4 is 16.2 Å². The van der Waals surface area contributed by atoms with Gasteiger partial charge in [-0.3, -0.25) is 0 Å². The number of sulfonamides is 1. The summed E-state index contributed by atoms with van der Waals surface area (Å²) in [6.45, 7) is 2.52. The van der Waals surface area contributed by atoms with E-state index in [4.69, 9.17) is 14.2 Å². The summed E-state index contributed by atoms with van der Waals surface area (Å²) in [7, 11) is -0.676. The van der Waals surface area contributed by atoms with Crippen LogP contribution in [0.2, 0.25) is 0 Å². The van der Waals surface area contributed by atoms with Crippen molar-refractivity contribution in [1.29, 1.82) is 0 Å². The standard InChI is InChI=1S/C18H22N2O5S/c1-4-10-25-18-16(23-2)11-14(12-17(18)24-3)13-19-20-26(21,22)15-8-6-5-7-9-15/h5-9,11-13,20H,4,10H2,1-3H3/b19-13+. The second-order valence-corrected chi connectivity index (χ2v) is 6.93. The molecular formula is C18H22N2O5S. The summed E-state index contributed by atoms with van der Waals surface area (Å²) in [5.41, 5.74) is 0.596. The Kier molecular flexibility index (Phi) is 6.85. The van der Waals surface area contributed by atoms with Crippen LogP contribution in [-0.4, -0.2) is 35.5 Å². The lowest BCUT2D eigenvalue weighted by molar-refractivity contribution is 0.275. The third kappa shape index (κ3) is 4.89. The summed E-state index contributed by atoms with van der Waals surface area (Å²) >= 11 is 0. The van der Waals surface area contributed by atoms with Crippen LogP contribution in [0.15, 0.2) is 52.5 Å². The summed E-state index contributed by atoms with van der Waals surface area (Å²) in [6.07, 6.45) is 2.21. The van der Waals surface area contributed by atoms with Crippen LogP contribution >= 0.6 is 0 Å². The van der Waals surface area contributed by atoms with Crippen molar-refractivity contribution in [2.45, 2.75) is 18.2 Å². The van der Waals surface area contributed by atoms with E-state index in [9.17, 15) is 8.42 Å². The molecule has 140 valence electrons. The molecule has 0 radical (unpaired) electrons. The first-order valence-corrected chi connectivity index (χ1v) is 9.49. The van der Waals surface area contributed by atoms with Gasteiger partial charge in [-0.2, -0.15) is 13.5 Å². The lowest BCUT2D eigenvalue weighted by Crippen LogP contribution is -2.18. The monoisotopic (exact) mass is 378 g/mol. The van der Waals surface area contributed by atoms with Gasteiger partial charge in [0, 0.05) is 5.56 Å². The zero-order valence-corrected chi connectivity index (χ0v) is 15.7. The molecule has 1 N–H and O–H groups in total. The van der Waals surface area contributed by atoms with Gasteiger partial charge in [0.2, 0.25) is 5.75 Å². The number of nitrogens with one attached hydrogen (secondary N) is 1. The smallest absolute Gasteiger partial charge is 0.276 e. The minimum Gasteiger partial charge on any atom is -0.493 e. The highest BCUT2D eigenvalue weighted by molar-refractivity contribution is 7.89. The van der Waals surface area contributed by atoms with Gasteiger partial charge in [-0.15, -0.1) is 0 Å². The predicted molar refractivity (Wildman–Crippen MR) is 99.7 cm³/mol. The van der Waals surface area contributed by atoms with Gasteiger partial charge < -0.3 is 14.2 Å². The zero-order chi connectivity index (χ0) is 19.0. The number of methoxy groups -OCH3 is 2. The van der Waals surface area contributed by atoms with E-state index >= 15 is 0 Å². The lowest BCUT2D eigenvalue weighted by atomic mass is 10.2. The fourth-order valence-corrected chi connectivity index (χ4v) is 2.96. The third-order valence-electron chi connectivity index (χ3n) is 3.37. The number of nitrogens with zero attached hydrogens (tertiary/aromatic N) is 1. The number of benzene rings is 2. The van der Waals surface area contributed by atoms with E-state index in [-0.39, 0.29) is 4.90 Å². The Hall–Kier alpha value is -2.74. The van der Waals surface area contributed by atoms with Gasteiger partial charge >= 0.3 is 0 Å². The van der Waals surface area contributed by atoms with Crippen molar-refractivity contribution in [3.05, 3.63) is 48.0 Å². The van der Waals surface area contributed by atoms with Gasteiger partial charge in [0.15, 0.2) is 11.5 Å².